The van der Waals surface area contributed by atoms with Crippen LogP contribution in [0.5, 0.6) is 17.2 Å². The van der Waals surface area contributed by atoms with Crippen molar-refractivity contribution in [2.45, 2.75) is 18.1 Å². The summed E-state index contributed by atoms with van der Waals surface area (Å²) in [5.41, 5.74) is 15.0. The molecule has 0 aliphatic carbocycles. The predicted molar refractivity (Wildman–Crippen MR) is 134 cm³/mol. The number of benzene rings is 3. The maximum Gasteiger partial charge on any atom is 0.258 e. The third-order valence-electron chi connectivity index (χ3n) is 6.92. The van der Waals surface area contributed by atoms with E-state index in [-0.39, 0.29) is 5.89 Å². The van der Waals surface area contributed by atoms with E-state index in [1.807, 2.05) is 36.4 Å². The van der Waals surface area contributed by atoms with Crippen LogP contribution in [0.25, 0.3) is 22.8 Å². The number of halogens is 1. The lowest BCUT2D eigenvalue weighted by Crippen LogP contribution is -2.71. The zero-order valence-electron chi connectivity index (χ0n) is 20.0. The van der Waals surface area contributed by atoms with E-state index in [0.717, 1.165) is 11.1 Å². The number of nitrogens with zero attached hydrogens (tertiary/aromatic N) is 2. The van der Waals surface area contributed by atoms with Crippen LogP contribution in [0.4, 0.5) is 4.39 Å². The van der Waals surface area contributed by atoms with Crippen molar-refractivity contribution >= 4 is 0 Å². The Balaban J connectivity index is 1.32. The van der Waals surface area contributed by atoms with Crippen LogP contribution in [-0.2, 0) is 18.1 Å². The van der Waals surface area contributed by atoms with Gasteiger partial charge in [0.05, 0.1) is 0 Å². The van der Waals surface area contributed by atoms with Gasteiger partial charge in [-0.1, -0.05) is 41.6 Å². The summed E-state index contributed by atoms with van der Waals surface area (Å²) < 4.78 is 38.0. The Hall–Kier alpha value is -4.45. The van der Waals surface area contributed by atoms with E-state index in [0.29, 0.717) is 59.6 Å². The Kier molecular flexibility index (Phi) is 4.95. The number of nitrogens with one attached hydrogen (secondary N) is 2. The Bertz CT molecular complexity index is 1590. The van der Waals surface area contributed by atoms with Crippen LogP contribution in [0.2, 0.25) is 0 Å². The van der Waals surface area contributed by atoms with Crippen LogP contribution < -0.4 is 36.3 Å². The number of nitrogens with two attached hydrogens (primary N) is 2. The molecule has 4 aromatic rings. The highest BCUT2D eigenvalue weighted by Gasteiger charge is 2.48. The fraction of sp³-hybridized carbons (Fsp3) is 0.185. The Morgan fingerprint density at radius 3 is 2.47 bits per heavy atom. The van der Waals surface area contributed by atoms with Crippen LogP contribution in [-0.4, -0.2) is 23.4 Å². The summed E-state index contributed by atoms with van der Waals surface area (Å²) in [7, 11) is 0. The average molecular weight is 515 g/mol. The predicted octanol–water partition coefficient (Wildman–Crippen LogP) is 2.95. The third-order valence-corrected chi connectivity index (χ3v) is 6.92. The van der Waals surface area contributed by atoms with Gasteiger partial charge >= 0.3 is 0 Å². The molecule has 2 atom stereocenters. The molecule has 0 fully saturated rings. The highest BCUT2D eigenvalue weighted by molar-refractivity contribution is 5.69. The molecule has 3 aliphatic rings. The van der Waals surface area contributed by atoms with E-state index in [4.69, 9.17) is 30.2 Å². The van der Waals surface area contributed by atoms with E-state index in [9.17, 15) is 0 Å². The van der Waals surface area contributed by atoms with Gasteiger partial charge in [0.25, 0.3) is 5.89 Å². The molecule has 4 heterocycles. The lowest BCUT2D eigenvalue weighted by molar-refractivity contribution is 0.153. The summed E-state index contributed by atoms with van der Waals surface area (Å²) >= 11 is 0. The van der Waals surface area contributed by atoms with E-state index >= 15 is 4.39 Å². The van der Waals surface area contributed by atoms with Crippen molar-refractivity contribution in [1.82, 2.24) is 20.8 Å². The molecule has 7 rings (SSSR count). The topological polar surface area (TPSA) is 143 Å². The first kappa shape index (κ1) is 22.7. The fourth-order valence-electron chi connectivity index (χ4n) is 4.97. The minimum absolute atomic E-state index is 0.249. The summed E-state index contributed by atoms with van der Waals surface area (Å²) in [6.45, 7) is 1.12. The summed E-state index contributed by atoms with van der Waals surface area (Å²) in [5.74, 6) is 0.171. The van der Waals surface area contributed by atoms with Crippen molar-refractivity contribution in [2.24, 2.45) is 11.5 Å². The van der Waals surface area contributed by atoms with Crippen molar-refractivity contribution in [3.8, 4) is 40.1 Å². The molecule has 3 aromatic carbocycles. The van der Waals surface area contributed by atoms with Gasteiger partial charge in [-0.2, -0.15) is 4.98 Å². The highest BCUT2D eigenvalue weighted by atomic mass is 19.1. The molecule has 0 saturated heterocycles. The number of ether oxygens (including phenoxy) is 3. The highest BCUT2D eigenvalue weighted by Crippen LogP contribution is 2.44. The van der Waals surface area contributed by atoms with Gasteiger partial charge in [0.2, 0.25) is 5.82 Å². The lowest BCUT2D eigenvalue weighted by atomic mass is 9.88. The molecule has 11 heteroatoms. The molecule has 0 saturated carbocycles. The number of hydrogen-bond acceptors (Lipinski definition) is 10. The van der Waals surface area contributed by atoms with Gasteiger partial charge in [-0.15, -0.1) is 0 Å². The quantitative estimate of drug-likeness (QED) is 0.321. The summed E-state index contributed by atoms with van der Waals surface area (Å²) in [5, 5.41) is 10.2. The summed E-state index contributed by atoms with van der Waals surface area (Å²) in [4.78, 5) is 4.61. The molecule has 6 N–H and O–H groups in total. The van der Waals surface area contributed by atoms with Crippen molar-refractivity contribution in [1.29, 1.82) is 0 Å². The van der Waals surface area contributed by atoms with Gasteiger partial charge < -0.3 is 29.8 Å². The molecule has 1 aromatic heterocycles. The van der Waals surface area contributed by atoms with Gasteiger partial charge in [-0.05, 0) is 29.8 Å². The van der Waals surface area contributed by atoms with Gasteiger partial charge in [0, 0.05) is 28.5 Å². The second kappa shape index (κ2) is 8.28. The normalized spacial score (nSPS) is 23.4. The van der Waals surface area contributed by atoms with Crippen LogP contribution in [0.1, 0.15) is 16.7 Å². The zero-order valence-corrected chi connectivity index (χ0v) is 20.0. The number of hydrogen-bond donors (Lipinski definition) is 4. The average Bonchev–Trinajstić information content (AvgIpc) is 3.42. The first-order valence-corrected chi connectivity index (χ1v) is 12.0. The van der Waals surface area contributed by atoms with E-state index in [1.165, 1.54) is 6.20 Å². The van der Waals surface area contributed by atoms with E-state index < -0.39 is 17.3 Å². The molecule has 0 radical (unpaired) electrons. The Labute approximate surface area is 216 Å². The van der Waals surface area contributed by atoms with E-state index in [1.54, 1.807) is 24.3 Å². The van der Waals surface area contributed by atoms with Crippen LogP contribution in [0, 0.1) is 0 Å². The number of fused-ring (bicyclic) bond motifs is 2. The van der Waals surface area contributed by atoms with Crippen molar-refractivity contribution in [3.05, 3.63) is 89.4 Å². The second-order valence-corrected chi connectivity index (χ2v) is 9.28. The van der Waals surface area contributed by atoms with Gasteiger partial charge in [-0.3, -0.25) is 11.1 Å². The van der Waals surface area contributed by atoms with Gasteiger partial charge in [0.15, 0.2) is 28.8 Å². The standard InChI is InChI=1S/C27H23FN6O4/c28-22-13-31-27(30,34-26(22,29)16-6-8-20-21(12-16)36-11-10-35-20)23-17(7-9-19-18(23)14-37-19)25-32-24(33-38-25)15-4-2-1-3-5-15/h1-9,12-13,31,34H,10-11,14,29-30H2. The maximum absolute atomic E-state index is 15.4. The molecule has 0 bridgehead atoms. The Morgan fingerprint density at radius 2 is 1.68 bits per heavy atom. The lowest BCUT2D eigenvalue weighted by Gasteiger charge is -2.46. The van der Waals surface area contributed by atoms with E-state index in [2.05, 4.69) is 20.8 Å². The van der Waals surface area contributed by atoms with Crippen LogP contribution in [0.15, 0.2) is 77.2 Å². The van der Waals surface area contributed by atoms with Crippen molar-refractivity contribution < 1.29 is 23.1 Å². The number of aromatic nitrogens is 2. The monoisotopic (exact) mass is 514 g/mol. The van der Waals surface area contributed by atoms with Crippen LogP contribution >= 0.6 is 0 Å². The molecular formula is C27H23FN6O4. The number of rotatable bonds is 4. The fourth-order valence-corrected chi connectivity index (χ4v) is 4.97. The molecule has 38 heavy (non-hydrogen) atoms. The minimum atomic E-state index is -1.79. The summed E-state index contributed by atoms with van der Waals surface area (Å²) in [6.07, 6.45) is 1.17. The van der Waals surface area contributed by atoms with Crippen molar-refractivity contribution in [2.75, 3.05) is 13.2 Å². The largest absolute Gasteiger partial charge is 0.488 e. The first-order valence-electron chi connectivity index (χ1n) is 12.0. The SMILES string of the molecule is NC1(c2c(-c3nc(-c4ccccc4)no3)ccc3c2CO3)NC=C(F)C(N)(c2ccc3c(c2)OCCO3)N1. The molecule has 0 spiro atoms. The third kappa shape index (κ3) is 3.44. The molecule has 192 valence electrons. The zero-order chi connectivity index (χ0) is 25.9. The molecule has 2 unspecified atom stereocenters. The Morgan fingerprint density at radius 1 is 0.895 bits per heavy atom. The maximum atomic E-state index is 15.4. The first-order chi connectivity index (χ1) is 18.4. The van der Waals surface area contributed by atoms with Crippen LogP contribution in [0.3, 0.4) is 0 Å². The van der Waals surface area contributed by atoms with Gasteiger partial charge in [-0.25, -0.2) is 4.39 Å². The smallest absolute Gasteiger partial charge is 0.258 e. The minimum Gasteiger partial charge on any atom is -0.488 e. The molecule has 3 aliphatic heterocycles. The van der Waals surface area contributed by atoms with Crippen molar-refractivity contribution in [3.63, 3.8) is 0 Å². The molecule has 10 nitrogen and oxygen atoms in total. The summed E-state index contributed by atoms with van der Waals surface area (Å²) in [6, 6.07) is 18.1. The molecule has 0 amide bonds. The molecular weight excluding hydrogens is 491 g/mol. The van der Waals surface area contributed by atoms with Gasteiger partial charge in [0.1, 0.15) is 25.6 Å². The second-order valence-electron chi connectivity index (χ2n) is 9.28.